The van der Waals surface area contributed by atoms with Crippen molar-refractivity contribution in [2.24, 2.45) is 0 Å². The molecule has 1 aromatic rings. The molecule has 1 aliphatic rings. The molecule has 1 aromatic carbocycles. The lowest BCUT2D eigenvalue weighted by Crippen LogP contribution is -2.49. The van der Waals surface area contributed by atoms with Crippen molar-refractivity contribution in [3.63, 3.8) is 0 Å². The van der Waals surface area contributed by atoms with Crippen LogP contribution in [0, 0.1) is 0 Å². The van der Waals surface area contributed by atoms with Crippen LogP contribution in [0.15, 0.2) is 24.3 Å². The highest BCUT2D eigenvalue weighted by molar-refractivity contribution is 5.69. The van der Waals surface area contributed by atoms with Crippen LogP contribution in [0.4, 0.5) is 23.7 Å². The monoisotopic (exact) mass is 358 g/mol. The third-order valence-corrected chi connectivity index (χ3v) is 4.02. The van der Waals surface area contributed by atoms with Crippen molar-refractivity contribution in [1.29, 1.82) is 0 Å². The van der Waals surface area contributed by atoms with Crippen molar-refractivity contribution in [1.82, 2.24) is 4.90 Å². The van der Waals surface area contributed by atoms with E-state index in [-0.39, 0.29) is 18.3 Å². The minimum Gasteiger partial charge on any atom is -0.444 e. The van der Waals surface area contributed by atoms with Crippen molar-refractivity contribution in [2.75, 3.05) is 18.4 Å². The van der Waals surface area contributed by atoms with Gasteiger partial charge in [0.05, 0.1) is 11.6 Å². The van der Waals surface area contributed by atoms with Gasteiger partial charge < -0.3 is 15.0 Å². The number of halogens is 3. The number of hydrogen-bond donors (Lipinski definition) is 1. The molecule has 0 aromatic heterocycles. The van der Waals surface area contributed by atoms with Gasteiger partial charge in [-0.2, -0.15) is 13.2 Å². The van der Waals surface area contributed by atoms with Crippen molar-refractivity contribution in [2.45, 2.75) is 57.9 Å². The fourth-order valence-electron chi connectivity index (χ4n) is 2.89. The predicted octanol–water partition coefficient (Wildman–Crippen LogP) is 4.91. The Bertz CT molecular complexity index is 597. The molecule has 0 radical (unpaired) electrons. The summed E-state index contributed by atoms with van der Waals surface area (Å²) in [7, 11) is 0. The summed E-state index contributed by atoms with van der Waals surface area (Å²) in [4.78, 5) is 14.0. The van der Waals surface area contributed by atoms with Crippen LogP contribution in [-0.4, -0.2) is 35.7 Å². The SMILES string of the molecule is CC(C)(C)OC(=O)N1CCCC[C@@H]1CNc1ccccc1C(F)(F)F. The first-order valence-corrected chi connectivity index (χ1v) is 8.47. The lowest BCUT2D eigenvalue weighted by Gasteiger charge is -2.37. The molecule has 7 heteroatoms. The third-order valence-electron chi connectivity index (χ3n) is 4.02. The molecule has 1 fully saturated rings. The zero-order valence-electron chi connectivity index (χ0n) is 14.8. The van der Waals surface area contributed by atoms with Crippen LogP contribution in [0.5, 0.6) is 0 Å². The van der Waals surface area contributed by atoms with Gasteiger partial charge in [-0.3, -0.25) is 0 Å². The summed E-state index contributed by atoms with van der Waals surface area (Å²) in [6.45, 7) is 6.19. The molecule has 1 atom stereocenters. The minimum absolute atomic E-state index is 0.0321. The maximum Gasteiger partial charge on any atom is 0.418 e. The molecule has 0 bridgehead atoms. The average Bonchev–Trinajstić information content (AvgIpc) is 2.51. The first-order valence-electron chi connectivity index (χ1n) is 8.47. The topological polar surface area (TPSA) is 41.6 Å². The average molecular weight is 358 g/mol. The Hall–Kier alpha value is -1.92. The lowest BCUT2D eigenvalue weighted by atomic mass is 10.0. The summed E-state index contributed by atoms with van der Waals surface area (Å²) in [5, 5.41) is 2.87. The number of piperidine rings is 1. The van der Waals surface area contributed by atoms with E-state index in [1.165, 1.54) is 12.1 Å². The molecule has 1 N–H and O–H groups in total. The number of ether oxygens (including phenoxy) is 1. The van der Waals surface area contributed by atoms with E-state index in [1.54, 1.807) is 31.7 Å². The number of carbonyl (C=O) groups is 1. The number of benzene rings is 1. The molecule has 0 saturated carbocycles. The lowest BCUT2D eigenvalue weighted by molar-refractivity contribution is -0.137. The van der Waals surface area contributed by atoms with Gasteiger partial charge in [0, 0.05) is 18.8 Å². The second kappa shape index (κ2) is 7.54. The number of anilines is 1. The first kappa shape index (κ1) is 19.4. The number of rotatable bonds is 3. The van der Waals surface area contributed by atoms with Gasteiger partial charge in [0.1, 0.15) is 5.60 Å². The standard InChI is InChI=1S/C18H25F3N2O2/c1-17(2,3)25-16(24)23-11-7-6-8-13(23)12-22-15-10-5-4-9-14(15)18(19,20)21/h4-5,9-10,13,22H,6-8,11-12H2,1-3H3/t13-/m1/s1. The van der Waals surface area contributed by atoms with Gasteiger partial charge in [-0.15, -0.1) is 0 Å². The van der Waals surface area contributed by atoms with Gasteiger partial charge in [0.25, 0.3) is 0 Å². The quantitative estimate of drug-likeness (QED) is 0.835. The minimum atomic E-state index is -4.42. The molecule has 4 nitrogen and oxygen atoms in total. The summed E-state index contributed by atoms with van der Waals surface area (Å²) in [6, 6.07) is 5.19. The Labute approximate surface area is 146 Å². The van der Waals surface area contributed by atoms with E-state index in [0.29, 0.717) is 6.54 Å². The van der Waals surface area contributed by atoms with Crippen LogP contribution in [0.3, 0.4) is 0 Å². The van der Waals surface area contributed by atoms with Crippen LogP contribution in [0.2, 0.25) is 0 Å². The molecule has 1 heterocycles. The number of nitrogens with one attached hydrogen (secondary N) is 1. The molecule has 2 rings (SSSR count). The highest BCUT2D eigenvalue weighted by Crippen LogP contribution is 2.34. The van der Waals surface area contributed by atoms with Crippen LogP contribution >= 0.6 is 0 Å². The summed E-state index contributed by atoms with van der Waals surface area (Å²) in [5.74, 6) is 0. The predicted molar refractivity (Wildman–Crippen MR) is 90.5 cm³/mol. The Morgan fingerprint density at radius 1 is 1.24 bits per heavy atom. The molecule has 1 amide bonds. The number of amides is 1. The highest BCUT2D eigenvalue weighted by atomic mass is 19.4. The van der Waals surface area contributed by atoms with Gasteiger partial charge in [-0.25, -0.2) is 4.79 Å². The summed E-state index contributed by atoms with van der Waals surface area (Å²) in [6.07, 6.45) is -2.29. The molecule has 0 unspecified atom stereocenters. The summed E-state index contributed by atoms with van der Waals surface area (Å²) in [5.41, 5.74) is -1.27. The second-order valence-corrected chi connectivity index (χ2v) is 7.25. The number of likely N-dealkylation sites (tertiary alicyclic amines) is 1. The molecule has 0 aliphatic carbocycles. The van der Waals surface area contributed by atoms with Gasteiger partial charge in [0.15, 0.2) is 0 Å². The Kier molecular flexibility index (Phi) is 5.85. The zero-order valence-corrected chi connectivity index (χ0v) is 14.8. The zero-order chi connectivity index (χ0) is 18.7. The second-order valence-electron chi connectivity index (χ2n) is 7.25. The molecular weight excluding hydrogens is 333 g/mol. The van der Waals surface area contributed by atoms with Crippen LogP contribution in [0.1, 0.15) is 45.6 Å². The Morgan fingerprint density at radius 2 is 1.92 bits per heavy atom. The van der Waals surface area contributed by atoms with Crippen molar-refractivity contribution < 1.29 is 22.7 Å². The molecule has 0 spiro atoms. The molecule has 140 valence electrons. The van der Waals surface area contributed by atoms with E-state index in [1.807, 2.05) is 0 Å². The fraction of sp³-hybridized carbons (Fsp3) is 0.611. The molecule has 1 saturated heterocycles. The molecule has 1 aliphatic heterocycles. The van der Waals surface area contributed by atoms with E-state index < -0.39 is 23.4 Å². The van der Waals surface area contributed by atoms with Crippen LogP contribution in [0.25, 0.3) is 0 Å². The number of alkyl halides is 3. The maximum absolute atomic E-state index is 13.1. The van der Waals surface area contributed by atoms with E-state index in [2.05, 4.69) is 5.32 Å². The fourth-order valence-corrected chi connectivity index (χ4v) is 2.89. The summed E-state index contributed by atoms with van der Waals surface area (Å²) < 4.78 is 44.7. The third kappa shape index (κ3) is 5.54. The normalized spacial score (nSPS) is 18.8. The van der Waals surface area contributed by atoms with Gasteiger partial charge in [-0.05, 0) is 52.2 Å². The number of hydrogen-bond acceptors (Lipinski definition) is 3. The Balaban J connectivity index is 2.07. The van der Waals surface area contributed by atoms with Crippen molar-refractivity contribution in [3.05, 3.63) is 29.8 Å². The van der Waals surface area contributed by atoms with Gasteiger partial charge in [0.2, 0.25) is 0 Å². The number of para-hydroxylation sites is 1. The van der Waals surface area contributed by atoms with Crippen LogP contribution < -0.4 is 5.32 Å². The van der Waals surface area contributed by atoms with Crippen molar-refractivity contribution in [3.8, 4) is 0 Å². The van der Waals surface area contributed by atoms with Gasteiger partial charge in [-0.1, -0.05) is 12.1 Å². The largest absolute Gasteiger partial charge is 0.444 e. The highest BCUT2D eigenvalue weighted by Gasteiger charge is 2.34. The van der Waals surface area contributed by atoms with E-state index >= 15 is 0 Å². The van der Waals surface area contributed by atoms with Gasteiger partial charge >= 0.3 is 12.3 Å². The smallest absolute Gasteiger partial charge is 0.418 e. The number of nitrogens with zero attached hydrogens (tertiary/aromatic N) is 1. The van der Waals surface area contributed by atoms with E-state index in [4.69, 9.17) is 4.74 Å². The summed E-state index contributed by atoms with van der Waals surface area (Å²) >= 11 is 0. The van der Waals surface area contributed by atoms with E-state index in [0.717, 1.165) is 25.3 Å². The van der Waals surface area contributed by atoms with Crippen molar-refractivity contribution >= 4 is 11.8 Å². The molecular formula is C18H25F3N2O2. The van der Waals surface area contributed by atoms with Crippen LogP contribution in [-0.2, 0) is 10.9 Å². The Morgan fingerprint density at radius 3 is 2.56 bits per heavy atom. The number of carbonyl (C=O) groups excluding carboxylic acids is 1. The molecule has 25 heavy (non-hydrogen) atoms. The van der Waals surface area contributed by atoms with E-state index in [9.17, 15) is 18.0 Å². The maximum atomic E-state index is 13.1. The first-order chi connectivity index (χ1) is 11.6.